The Balaban J connectivity index is 2.09. The molecule has 0 aliphatic heterocycles. The first-order chi connectivity index (χ1) is 12.1. The molecule has 0 saturated carbocycles. The Morgan fingerprint density at radius 2 is 1.62 bits per heavy atom. The average molecular weight is 372 g/mol. The minimum Gasteiger partial charge on any atom is -0.332 e. The number of benzene rings is 2. The third-order valence-corrected chi connectivity index (χ3v) is 3.34. The SMILES string of the molecule is CN(CC(=O)Nc1ccccc1C(F)(F)F)C(=O)c1cc(F)cc(F)c1. The highest BCUT2D eigenvalue weighted by molar-refractivity contribution is 5.99. The van der Waals surface area contributed by atoms with Crippen molar-refractivity contribution in [3.63, 3.8) is 0 Å². The van der Waals surface area contributed by atoms with Crippen LogP contribution in [0.15, 0.2) is 42.5 Å². The molecular formula is C17H13F5N2O2. The second kappa shape index (κ2) is 7.51. The fraction of sp³-hybridized carbons (Fsp3) is 0.176. The number of hydrogen-bond donors (Lipinski definition) is 1. The van der Waals surface area contributed by atoms with Gasteiger partial charge < -0.3 is 10.2 Å². The van der Waals surface area contributed by atoms with Crippen molar-refractivity contribution in [3.05, 3.63) is 65.2 Å². The molecule has 2 rings (SSSR count). The monoisotopic (exact) mass is 372 g/mol. The number of para-hydroxylation sites is 1. The summed E-state index contributed by atoms with van der Waals surface area (Å²) in [6, 6.07) is 6.53. The lowest BCUT2D eigenvalue weighted by molar-refractivity contribution is -0.137. The number of carbonyl (C=O) groups is 2. The first kappa shape index (κ1) is 19.4. The molecule has 0 heterocycles. The van der Waals surface area contributed by atoms with E-state index in [1.54, 1.807) is 0 Å². The van der Waals surface area contributed by atoms with Gasteiger partial charge in [0, 0.05) is 18.7 Å². The van der Waals surface area contributed by atoms with Crippen LogP contribution >= 0.6 is 0 Å². The quantitative estimate of drug-likeness (QED) is 0.833. The number of halogens is 5. The summed E-state index contributed by atoms with van der Waals surface area (Å²) in [6.45, 7) is -0.608. The standard InChI is InChI=1S/C17H13F5N2O2/c1-24(16(26)10-6-11(18)8-12(19)7-10)9-15(25)23-14-5-3-2-4-13(14)17(20,21)22/h2-8H,9H2,1H3,(H,23,25). The van der Waals surface area contributed by atoms with Crippen LogP contribution in [0.25, 0.3) is 0 Å². The van der Waals surface area contributed by atoms with Gasteiger partial charge in [0.25, 0.3) is 5.91 Å². The van der Waals surface area contributed by atoms with Crippen molar-refractivity contribution in [1.82, 2.24) is 4.90 Å². The first-order valence-electron chi connectivity index (χ1n) is 7.25. The van der Waals surface area contributed by atoms with Gasteiger partial charge in [-0.05, 0) is 24.3 Å². The molecule has 0 atom stereocenters. The molecule has 4 nitrogen and oxygen atoms in total. The van der Waals surface area contributed by atoms with Gasteiger partial charge in [-0.3, -0.25) is 9.59 Å². The van der Waals surface area contributed by atoms with Crippen molar-refractivity contribution in [1.29, 1.82) is 0 Å². The van der Waals surface area contributed by atoms with E-state index in [1.165, 1.54) is 19.2 Å². The molecule has 2 amide bonds. The van der Waals surface area contributed by atoms with Crippen molar-refractivity contribution in [2.45, 2.75) is 6.18 Å². The van der Waals surface area contributed by atoms with Crippen LogP contribution in [0.3, 0.4) is 0 Å². The first-order valence-corrected chi connectivity index (χ1v) is 7.25. The molecule has 2 aromatic rings. The van der Waals surface area contributed by atoms with E-state index in [2.05, 4.69) is 5.32 Å². The number of rotatable bonds is 4. The van der Waals surface area contributed by atoms with Crippen LogP contribution in [0.1, 0.15) is 15.9 Å². The number of amides is 2. The normalized spacial score (nSPS) is 11.2. The van der Waals surface area contributed by atoms with Crippen molar-refractivity contribution >= 4 is 17.5 Å². The van der Waals surface area contributed by atoms with Crippen LogP contribution in [0.4, 0.5) is 27.6 Å². The summed E-state index contributed by atoms with van der Waals surface area (Å²) in [6.07, 6.45) is -4.66. The average Bonchev–Trinajstić information content (AvgIpc) is 2.52. The van der Waals surface area contributed by atoms with Gasteiger partial charge in [0.15, 0.2) is 0 Å². The predicted octanol–water partition coefficient (Wildman–Crippen LogP) is 3.69. The maximum absolute atomic E-state index is 13.2. The molecule has 0 spiro atoms. The molecule has 0 aromatic heterocycles. The molecule has 0 aliphatic rings. The summed E-state index contributed by atoms with van der Waals surface area (Å²) in [4.78, 5) is 24.9. The second-order valence-corrected chi connectivity index (χ2v) is 5.41. The van der Waals surface area contributed by atoms with E-state index < -0.39 is 47.4 Å². The number of likely N-dealkylation sites (N-methyl/N-ethyl adjacent to an activating group) is 1. The molecule has 1 N–H and O–H groups in total. The highest BCUT2D eigenvalue weighted by Crippen LogP contribution is 2.34. The molecule has 138 valence electrons. The van der Waals surface area contributed by atoms with E-state index in [4.69, 9.17) is 0 Å². The molecule has 0 aliphatic carbocycles. The fourth-order valence-electron chi connectivity index (χ4n) is 2.21. The molecule has 0 bridgehead atoms. The fourth-order valence-corrected chi connectivity index (χ4v) is 2.21. The van der Waals surface area contributed by atoms with Crippen LogP contribution in [0, 0.1) is 11.6 Å². The number of anilines is 1. The maximum Gasteiger partial charge on any atom is 0.418 e. The molecule has 0 radical (unpaired) electrons. The molecule has 2 aromatic carbocycles. The highest BCUT2D eigenvalue weighted by Gasteiger charge is 2.33. The zero-order valence-corrected chi connectivity index (χ0v) is 13.4. The molecule has 0 unspecified atom stereocenters. The molecular weight excluding hydrogens is 359 g/mol. The van der Waals surface area contributed by atoms with Gasteiger partial charge in [-0.25, -0.2) is 8.78 Å². The highest BCUT2D eigenvalue weighted by atomic mass is 19.4. The third-order valence-electron chi connectivity index (χ3n) is 3.34. The van der Waals surface area contributed by atoms with Gasteiger partial charge >= 0.3 is 6.18 Å². The molecule has 0 saturated heterocycles. The van der Waals surface area contributed by atoms with Gasteiger partial charge in [0.1, 0.15) is 11.6 Å². The predicted molar refractivity (Wildman–Crippen MR) is 83.4 cm³/mol. The topological polar surface area (TPSA) is 49.4 Å². The number of nitrogens with one attached hydrogen (secondary N) is 1. The van der Waals surface area contributed by atoms with E-state index >= 15 is 0 Å². The summed E-state index contributed by atoms with van der Waals surface area (Å²) in [5.41, 5.74) is -1.81. The van der Waals surface area contributed by atoms with Gasteiger partial charge in [0.2, 0.25) is 5.91 Å². The van der Waals surface area contributed by atoms with Gasteiger partial charge in [0.05, 0.1) is 17.8 Å². The lowest BCUT2D eigenvalue weighted by Crippen LogP contribution is -2.35. The van der Waals surface area contributed by atoms with Gasteiger partial charge in [-0.2, -0.15) is 13.2 Å². The molecule has 26 heavy (non-hydrogen) atoms. The van der Waals surface area contributed by atoms with Crippen molar-refractivity contribution in [3.8, 4) is 0 Å². The summed E-state index contributed by atoms with van der Waals surface area (Å²) in [5, 5.41) is 2.08. The van der Waals surface area contributed by atoms with Crippen LogP contribution < -0.4 is 5.32 Å². The number of hydrogen-bond acceptors (Lipinski definition) is 2. The number of nitrogens with zero attached hydrogens (tertiary/aromatic N) is 1. The summed E-state index contributed by atoms with van der Waals surface area (Å²) >= 11 is 0. The van der Waals surface area contributed by atoms with E-state index in [0.29, 0.717) is 6.07 Å². The third kappa shape index (κ3) is 4.78. The molecule has 9 heteroatoms. The Morgan fingerprint density at radius 1 is 1.04 bits per heavy atom. The largest absolute Gasteiger partial charge is 0.418 e. The Morgan fingerprint density at radius 3 is 2.19 bits per heavy atom. The zero-order valence-electron chi connectivity index (χ0n) is 13.4. The van der Waals surface area contributed by atoms with Crippen LogP contribution in [-0.2, 0) is 11.0 Å². The summed E-state index contributed by atoms with van der Waals surface area (Å²) in [7, 11) is 1.18. The number of carbonyl (C=O) groups excluding carboxylic acids is 2. The Hall–Kier alpha value is -2.97. The summed E-state index contributed by atoms with van der Waals surface area (Å²) < 4.78 is 65.0. The maximum atomic E-state index is 13.2. The smallest absolute Gasteiger partial charge is 0.332 e. The van der Waals surface area contributed by atoms with Gasteiger partial charge in [-0.1, -0.05) is 12.1 Å². The minimum absolute atomic E-state index is 0.325. The van der Waals surface area contributed by atoms with Gasteiger partial charge in [-0.15, -0.1) is 0 Å². The van der Waals surface area contributed by atoms with Crippen LogP contribution in [0.2, 0.25) is 0 Å². The molecule has 0 fully saturated rings. The van der Waals surface area contributed by atoms with Crippen LogP contribution in [0.5, 0.6) is 0 Å². The minimum atomic E-state index is -4.66. The Kier molecular flexibility index (Phi) is 5.59. The lowest BCUT2D eigenvalue weighted by Gasteiger charge is -2.18. The second-order valence-electron chi connectivity index (χ2n) is 5.41. The van der Waals surface area contributed by atoms with Crippen LogP contribution in [-0.4, -0.2) is 30.3 Å². The van der Waals surface area contributed by atoms with E-state index in [9.17, 15) is 31.5 Å². The van der Waals surface area contributed by atoms with Crippen molar-refractivity contribution < 1.29 is 31.5 Å². The van der Waals surface area contributed by atoms with E-state index in [0.717, 1.165) is 29.2 Å². The van der Waals surface area contributed by atoms with E-state index in [1.807, 2.05) is 0 Å². The Bertz CT molecular complexity index is 816. The summed E-state index contributed by atoms with van der Waals surface area (Å²) in [5.74, 6) is -3.69. The zero-order chi connectivity index (χ0) is 19.5. The Labute approximate surface area is 145 Å². The lowest BCUT2D eigenvalue weighted by atomic mass is 10.1. The number of alkyl halides is 3. The van der Waals surface area contributed by atoms with E-state index in [-0.39, 0.29) is 5.56 Å². The van der Waals surface area contributed by atoms with Crippen molar-refractivity contribution in [2.75, 3.05) is 18.9 Å². The van der Waals surface area contributed by atoms with Crippen molar-refractivity contribution in [2.24, 2.45) is 0 Å².